The average molecular weight is 403 g/mol. The third-order valence-electron chi connectivity index (χ3n) is 4.79. The van der Waals surface area contributed by atoms with Crippen LogP contribution in [-0.2, 0) is 14.8 Å². The van der Waals surface area contributed by atoms with Crippen LogP contribution < -0.4 is 10.2 Å². The topological polar surface area (TPSA) is 101 Å². The molecule has 0 unspecified atom stereocenters. The van der Waals surface area contributed by atoms with Gasteiger partial charge in [-0.3, -0.25) is 4.79 Å². The number of rotatable bonds is 5. The number of ether oxygens (including phenoxy) is 1. The van der Waals surface area contributed by atoms with Gasteiger partial charge in [0.05, 0.1) is 24.6 Å². The predicted molar refractivity (Wildman–Crippen MR) is 104 cm³/mol. The Bertz CT molecular complexity index is 1010. The molecule has 0 radical (unpaired) electrons. The normalized spacial score (nSPS) is 20.5. The van der Waals surface area contributed by atoms with E-state index in [0.29, 0.717) is 30.2 Å². The van der Waals surface area contributed by atoms with Crippen molar-refractivity contribution in [2.45, 2.75) is 37.2 Å². The highest BCUT2D eigenvalue weighted by Gasteiger charge is 2.32. The van der Waals surface area contributed by atoms with E-state index in [0.717, 1.165) is 19.4 Å². The average Bonchev–Trinajstić information content (AvgIpc) is 3.38. The monoisotopic (exact) mass is 403 g/mol. The number of hydrogen-bond acceptors (Lipinski definition) is 6. The number of carbonyl (C=O) groups excluding carboxylic acids is 1. The smallest absolute Gasteiger partial charge is 0.291 e. The van der Waals surface area contributed by atoms with Crippen LogP contribution in [0.25, 0.3) is 0 Å². The number of fused-ring (bicyclic) bond motifs is 1. The maximum atomic E-state index is 12.7. The Morgan fingerprint density at radius 3 is 2.89 bits per heavy atom. The van der Waals surface area contributed by atoms with Crippen LogP contribution in [-0.4, -0.2) is 39.4 Å². The van der Waals surface area contributed by atoms with Gasteiger partial charge in [-0.25, -0.2) is 0 Å². The van der Waals surface area contributed by atoms with E-state index in [4.69, 9.17) is 9.15 Å². The molecule has 0 aliphatic carbocycles. The maximum Gasteiger partial charge on any atom is 0.291 e. The zero-order valence-corrected chi connectivity index (χ0v) is 16.2. The summed E-state index contributed by atoms with van der Waals surface area (Å²) >= 11 is 0. The fourth-order valence-corrected chi connectivity index (χ4v) is 4.77. The van der Waals surface area contributed by atoms with Gasteiger partial charge in [0.15, 0.2) is 5.76 Å². The fraction of sp³-hybridized carbons (Fsp3) is 0.368. The van der Waals surface area contributed by atoms with Gasteiger partial charge in [0.25, 0.3) is 15.9 Å². The van der Waals surface area contributed by atoms with Crippen LogP contribution in [0.15, 0.2) is 50.3 Å². The summed E-state index contributed by atoms with van der Waals surface area (Å²) in [5, 5.41) is 2.66. The Labute approximate surface area is 163 Å². The summed E-state index contributed by atoms with van der Waals surface area (Å²) in [5.74, 6) is 0.189. The minimum atomic E-state index is -3.85. The van der Waals surface area contributed by atoms with Crippen molar-refractivity contribution in [2.75, 3.05) is 23.4 Å². The standard InChI is InChI=1S/C19H21N3O5S/c1-2-18-21-28(24,25)17-11-13(20-19(23)16-6-4-10-27-16)7-8-15(17)22(18)12-14-5-3-9-26-14/h4,6-8,10-11,14H,2-3,5,9,12H2,1H3,(H,20,23)/t14-/m1/s1. The van der Waals surface area contributed by atoms with Crippen molar-refractivity contribution in [3.8, 4) is 0 Å². The van der Waals surface area contributed by atoms with Gasteiger partial charge >= 0.3 is 0 Å². The third-order valence-corrected chi connectivity index (χ3v) is 6.13. The van der Waals surface area contributed by atoms with Crippen LogP contribution in [0.1, 0.15) is 36.7 Å². The molecule has 0 bridgehead atoms. The number of benzene rings is 1. The zero-order chi connectivity index (χ0) is 19.7. The Morgan fingerprint density at radius 2 is 2.21 bits per heavy atom. The first-order valence-corrected chi connectivity index (χ1v) is 10.6. The Hall–Kier alpha value is -2.65. The molecule has 8 nitrogen and oxygen atoms in total. The van der Waals surface area contributed by atoms with Gasteiger partial charge in [-0.15, -0.1) is 4.40 Å². The minimum Gasteiger partial charge on any atom is -0.459 e. The SMILES string of the molecule is CCC1=NS(=O)(=O)c2cc(NC(=O)c3ccco3)ccc2N1C[C@H]1CCCO1. The summed E-state index contributed by atoms with van der Waals surface area (Å²) in [6, 6.07) is 7.95. The van der Waals surface area contributed by atoms with Gasteiger partial charge in [-0.05, 0) is 43.2 Å². The van der Waals surface area contributed by atoms with E-state index in [1.165, 1.54) is 18.4 Å². The quantitative estimate of drug-likeness (QED) is 0.823. The molecule has 2 aromatic rings. The van der Waals surface area contributed by atoms with Crippen molar-refractivity contribution in [1.82, 2.24) is 0 Å². The Balaban J connectivity index is 1.67. The van der Waals surface area contributed by atoms with Crippen LogP contribution in [0, 0.1) is 0 Å². The van der Waals surface area contributed by atoms with Gasteiger partial charge < -0.3 is 19.4 Å². The number of amides is 1. The van der Waals surface area contributed by atoms with E-state index >= 15 is 0 Å². The van der Waals surface area contributed by atoms with Crippen LogP contribution in [0.3, 0.4) is 0 Å². The molecular formula is C19H21N3O5S. The minimum absolute atomic E-state index is 0.0451. The van der Waals surface area contributed by atoms with Gasteiger partial charge in [-0.1, -0.05) is 6.92 Å². The Kier molecular flexibility index (Phi) is 4.94. The molecule has 2 aliphatic heterocycles. The number of amidine groups is 1. The Morgan fingerprint density at radius 1 is 1.36 bits per heavy atom. The number of sulfonamides is 1. The molecule has 0 spiro atoms. The van der Waals surface area contributed by atoms with Crippen LogP contribution in [0.2, 0.25) is 0 Å². The lowest BCUT2D eigenvalue weighted by Crippen LogP contribution is -2.40. The maximum absolute atomic E-state index is 12.7. The first-order chi connectivity index (χ1) is 13.5. The van der Waals surface area contributed by atoms with Crippen LogP contribution in [0.5, 0.6) is 0 Å². The number of nitrogens with one attached hydrogen (secondary N) is 1. The molecule has 0 saturated carbocycles. The molecule has 1 saturated heterocycles. The summed E-state index contributed by atoms with van der Waals surface area (Å²) in [6.07, 6.45) is 3.87. The lowest BCUT2D eigenvalue weighted by Gasteiger charge is -2.32. The van der Waals surface area contributed by atoms with Crippen molar-refractivity contribution in [3.63, 3.8) is 0 Å². The second kappa shape index (κ2) is 7.40. The lowest BCUT2D eigenvalue weighted by atomic mass is 10.2. The second-order valence-electron chi connectivity index (χ2n) is 6.70. The molecule has 3 heterocycles. The first kappa shape index (κ1) is 18.7. The van der Waals surface area contributed by atoms with Crippen LogP contribution in [0.4, 0.5) is 11.4 Å². The summed E-state index contributed by atoms with van der Waals surface area (Å²) in [7, 11) is -3.85. The molecule has 28 heavy (non-hydrogen) atoms. The molecule has 1 N–H and O–H groups in total. The third kappa shape index (κ3) is 3.55. The highest BCUT2D eigenvalue weighted by atomic mass is 32.2. The predicted octanol–water partition coefficient (Wildman–Crippen LogP) is 3.03. The number of furan rings is 1. The fourth-order valence-electron chi connectivity index (χ4n) is 3.45. The lowest BCUT2D eigenvalue weighted by molar-refractivity contribution is 0.0996. The molecular weight excluding hydrogens is 382 g/mol. The largest absolute Gasteiger partial charge is 0.459 e. The molecule has 9 heteroatoms. The van der Waals surface area contributed by atoms with Crippen molar-refractivity contribution < 1.29 is 22.4 Å². The summed E-state index contributed by atoms with van der Waals surface area (Å²) in [5.41, 5.74) is 0.911. The van der Waals surface area contributed by atoms with Gasteiger partial charge in [0.2, 0.25) is 0 Å². The van der Waals surface area contributed by atoms with Gasteiger partial charge in [0, 0.05) is 18.7 Å². The molecule has 1 atom stereocenters. The summed E-state index contributed by atoms with van der Waals surface area (Å²) < 4.78 is 40.2. The van der Waals surface area contributed by atoms with E-state index < -0.39 is 15.9 Å². The molecule has 4 rings (SSSR count). The van der Waals surface area contributed by atoms with Gasteiger partial charge in [-0.2, -0.15) is 8.42 Å². The van der Waals surface area contributed by atoms with E-state index in [-0.39, 0.29) is 16.8 Å². The van der Waals surface area contributed by atoms with Crippen molar-refractivity contribution in [2.24, 2.45) is 4.40 Å². The van der Waals surface area contributed by atoms with Gasteiger partial charge in [0.1, 0.15) is 10.7 Å². The molecule has 2 aliphatic rings. The van der Waals surface area contributed by atoms with Crippen LogP contribution >= 0.6 is 0 Å². The second-order valence-corrected chi connectivity index (χ2v) is 8.27. The molecule has 1 aromatic heterocycles. The zero-order valence-electron chi connectivity index (χ0n) is 15.4. The van der Waals surface area contributed by atoms with E-state index in [1.807, 2.05) is 11.8 Å². The van der Waals surface area contributed by atoms with Crippen molar-refractivity contribution >= 4 is 33.1 Å². The first-order valence-electron chi connectivity index (χ1n) is 9.20. The molecule has 148 valence electrons. The van der Waals surface area contributed by atoms with E-state index in [2.05, 4.69) is 9.71 Å². The van der Waals surface area contributed by atoms with E-state index in [1.54, 1.807) is 18.2 Å². The highest BCUT2D eigenvalue weighted by Crippen LogP contribution is 2.35. The van der Waals surface area contributed by atoms with E-state index in [9.17, 15) is 13.2 Å². The number of anilines is 2. The van der Waals surface area contributed by atoms with Crippen molar-refractivity contribution in [1.29, 1.82) is 0 Å². The number of carbonyl (C=O) groups is 1. The summed E-state index contributed by atoms with van der Waals surface area (Å²) in [6.45, 7) is 3.15. The molecule has 1 amide bonds. The molecule has 1 aromatic carbocycles. The highest BCUT2D eigenvalue weighted by molar-refractivity contribution is 7.90. The molecule has 1 fully saturated rings. The number of nitrogens with zero attached hydrogens (tertiary/aromatic N) is 2. The van der Waals surface area contributed by atoms with Crippen molar-refractivity contribution in [3.05, 3.63) is 42.4 Å². The number of hydrogen-bond donors (Lipinski definition) is 1. The summed E-state index contributed by atoms with van der Waals surface area (Å²) in [4.78, 5) is 14.2.